The van der Waals surface area contributed by atoms with Crippen molar-refractivity contribution in [1.82, 2.24) is 5.43 Å². The van der Waals surface area contributed by atoms with Crippen LogP contribution in [0.15, 0.2) is 4.99 Å². The van der Waals surface area contributed by atoms with Crippen molar-refractivity contribution in [2.45, 2.75) is 30.9 Å². The van der Waals surface area contributed by atoms with Crippen LogP contribution in [-0.4, -0.2) is 45.8 Å². The molecule has 4 N–H and O–H groups in total. The molecule has 9 nitrogen and oxygen atoms in total. The third kappa shape index (κ3) is 11.4. The number of nitrogens with one attached hydrogen (secondary N) is 1. The highest BCUT2D eigenvalue weighted by atomic mass is 32.2. The number of aliphatic imine (C=N–C) groups is 1. The van der Waals surface area contributed by atoms with Gasteiger partial charge >= 0.3 is 12.0 Å². The minimum atomic E-state index is -0.872. The van der Waals surface area contributed by atoms with E-state index in [1.165, 1.54) is 18.0 Å². The lowest BCUT2D eigenvalue weighted by Gasteiger charge is -2.10. The lowest BCUT2D eigenvalue weighted by Crippen LogP contribution is -2.27. The molecule has 0 spiro atoms. The summed E-state index contributed by atoms with van der Waals surface area (Å²) in [5, 5.41) is 18.8. The van der Waals surface area contributed by atoms with Gasteiger partial charge in [0, 0.05) is 23.3 Å². The Balaban J connectivity index is 4.01. The average Bonchev–Trinajstić information content (AvgIpc) is 2.37. The number of aliphatic carboxylic acids is 1. The Morgan fingerprint density at radius 1 is 1.50 bits per heavy atom. The Bertz CT molecular complexity index is 364. The van der Waals surface area contributed by atoms with E-state index in [4.69, 9.17) is 10.9 Å². The average molecular weight is 306 g/mol. The molecular formula is C10H18N4O5S. The largest absolute Gasteiger partial charge is 0.481 e. The van der Waals surface area contributed by atoms with Crippen molar-refractivity contribution < 1.29 is 19.6 Å². The van der Waals surface area contributed by atoms with Crippen molar-refractivity contribution in [3.63, 3.8) is 0 Å². The molecular weight excluding hydrogens is 288 g/mol. The maximum Gasteiger partial charge on any atom is 0.354 e. The zero-order valence-corrected chi connectivity index (χ0v) is 11.7. The molecule has 0 bridgehead atoms. The Morgan fingerprint density at radius 3 is 2.75 bits per heavy atom. The maximum absolute atomic E-state index is 10.7. The fraction of sp³-hybridized carbons (Fsp3) is 0.700. The SMILES string of the molecule is NNC(=O)/N=C/CSC(CCCCC(=O)O)C[N+](=O)[O-]. The van der Waals surface area contributed by atoms with Crippen LogP contribution in [0.5, 0.6) is 0 Å². The van der Waals surface area contributed by atoms with E-state index in [0.717, 1.165) is 0 Å². The first kappa shape index (κ1) is 18.3. The molecule has 0 aromatic carbocycles. The lowest BCUT2D eigenvalue weighted by atomic mass is 10.1. The van der Waals surface area contributed by atoms with Crippen LogP contribution in [0.1, 0.15) is 25.7 Å². The van der Waals surface area contributed by atoms with E-state index in [9.17, 15) is 19.7 Å². The molecule has 20 heavy (non-hydrogen) atoms. The number of amides is 2. The first-order chi connectivity index (χ1) is 9.45. The van der Waals surface area contributed by atoms with Crippen molar-refractivity contribution in [1.29, 1.82) is 0 Å². The highest BCUT2D eigenvalue weighted by Gasteiger charge is 2.15. The molecule has 0 saturated heterocycles. The van der Waals surface area contributed by atoms with Gasteiger partial charge in [0.05, 0.1) is 5.25 Å². The number of nitrogens with two attached hydrogens (primary N) is 1. The molecule has 0 heterocycles. The number of thioether (sulfide) groups is 1. The predicted molar refractivity (Wildman–Crippen MR) is 75.4 cm³/mol. The Hall–Kier alpha value is -1.68. The standard InChI is InChI=1S/C10H18N4O5S/c11-13-10(17)12-5-6-20-8(7-14(18)19)3-1-2-4-9(15)16/h5,8H,1-4,6-7,11H2,(H,13,17)(H,15,16)/b12-5+. The van der Waals surface area contributed by atoms with E-state index in [2.05, 4.69) is 4.99 Å². The van der Waals surface area contributed by atoms with E-state index in [1.54, 1.807) is 0 Å². The minimum absolute atomic E-state index is 0.0635. The molecule has 114 valence electrons. The minimum Gasteiger partial charge on any atom is -0.481 e. The normalized spacial score (nSPS) is 12.2. The highest BCUT2D eigenvalue weighted by Crippen LogP contribution is 2.17. The summed E-state index contributed by atoms with van der Waals surface area (Å²) in [5.41, 5.74) is 1.83. The lowest BCUT2D eigenvalue weighted by molar-refractivity contribution is -0.479. The second-order valence-electron chi connectivity index (χ2n) is 3.87. The van der Waals surface area contributed by atoms with Gasteiger partial charge in [-0.1, -0.05) is 6.42 Å². The number of hydrogen-bond acceptors (Lipinski definition) is 6. The molecule has 0 aliphatic rings. The molecule has 0 aliphatic carbocycles. The molecule has 1 atom stereocenters. The zero-order chi connectivity index (χ0) is 15.4. The van der Waals surface area contributed by atoms with Crippen LogP contribution in [0.3, 0.4) is 0 Å². The topological polar surface area (TPSA) is 148 Å². The second-order valence-corrected chi connectivity index (χ2v) is 5.20. The molecule has 0 radical (unpaired) electrons. The number of nitro groups is 1. The first-order valence-electron chi connectivity index (χ1n) is 5.94. The number of carbonyl (C=O) groups excluding carboxylic acids is 1. The molecule has 0 rings (SSSR count). The summed E-state index contributed by atoms with van der Waals surface area (Å²) in [4.78, 5) is 34.6. The third-order valence-electron chi connectivity index (χ3n) is 2.26. The quantitative estimate of drug-likeness (QED) is 0.134. The second kappa shape index (κ2) is 11.2. The summed E-state index contributed by atoms with van der Waals surface area (Å²) in [6.45, 7) is -0.200. The van der Waals surface area contributed by atoms with Crippen LogP contribution in [0.4, 0.5) is 4.79 Å². The van der Waals surface area contributed by atoms with Crippen molar-refractivity contribution >= 4 is 30.0 Å². The number of nitrogens with zero attached hydrogens (tertiary/aromatic N) is 2. The maximum atomic E-state index is 10.7. The van der Waals surface area contributed by atoms with E-state index in [-0.39, 0.29) is 18.2 Å². The summed E-state index contributed by atoms with van der Waals surface area (Å²) < 4.78 is 0. The van der Waals surface area contributed by atoms with E-state index in [0.29, 0.717) is 25.0 Å². The van der Waals surface area contributed by atoms with Gasteiger partial charge in [-0.2, -0.15) is 0 Å². The number of carboxylic acid groups (broad SMARTS) is 1. The Labute approximate surface area is 120 Å². The number of carbonyl (C=O) groups is 2. The van der Waals surface area contributed by atoms with Gasteiger partial charge in [-0.25, -0.2) is 15.6 Å². The number of rotatable bonds is 10. The van der Waals surface area contributed by atoms with Gasteiger partial charge in [0.15, 0.2) is 0 Å². The third-order valence-corrected chi connectivity index (χ3v) is 3.46. The van der Waals surface area contributed by atoms with Crippen LogP contribution in [0.2, 0.25) is 0 Å². The van der Waals surface area contributed by atoms with Gasteiger partial charge in [0.1, 0.15) is 0 Å². The fourth-order valence-electron chi connectivity index (χ4n) is 1.38. The van der Waals surface area contributed by atoms with E-state index >= 15 is 0 Å². The monoisotopic (exact) mass is 306 g/mol. The zero-order valence-electron chi connectivity index (χ0n) is 10.9. The summed E-state index contributed by atoms with van der Waals surface area (Å²) in [5.74, 6) is 4.31. The highest BCUT2D eigenvalue weighted by molar-refractivity contribution is 8.00. The Kier molecular flexibility index (Phi) is 10.2. The van der Waals surface area contributed by atoms with Crippen LogP contribution in [0, 0.1) is 10.1 Å². The number of hydrazine groups is 1. The van der Waals surface area contributed by atoms with Gasteiger partial charge in [-0.3, -0.25) is 20.3 Å². The summed E-state index contributed by atoms with van der Waals surface area (Å²) in [6.07, 6.45) is 3.05. The van der Waals surface area contributed by atoms with Gasteiger partial charge in [-0.05, 0) is 12.8 Å². The number of carboxylic acids is 1. The van der Waals surface area contributed by atoms with Crippen LogP contribution in [0.25, 0.3) is 0 Å². The van der Waals surface area contributed by atoms with E-state index < -0.39 is 16.9 Å². The fourth-order valence-corrected chi connectivity index (χ4v) is 2.37. The number of unbranched alkanes of at least 4 members (excludes halogenated alkanes) is 1. The first-order valence-corrected chi connectivity index (χ1v) is 6.99. The molecule has 10 heteroatoms. The molecule has 2 amide bonds. The van der Waals surface area contributed by atoms with Crippen LogP contribution in [-0.2, 0) is 4.79 Å². The molecule has 0 saturated carbocycles. The van der Waals surface area contributed by atoms with Crippen LogP contribution >= 0.6 is 11.8 Å². The molecule has 0 aromatic rings. The smallest absolute Gasteiger partial charge is 0.354 e. The van der Waals surface area contributed by atoms with Gasteiger partial charge in [-0.15, -0.1) is 11.8 Å². The van der Waals surface area contributed by atoms with Crippen molar-refractivity contribution in [3.05, 3.63) is 10.1 Å². The Morgan fingerprint density at radius 2 is 2.20 bits per heavy atom. The summed E-state index contributed by atoms with van der Waals surface area (Å²) >= 11 is 1.30. The van der Waals surface area contributed by atoms with E-state index in [1.807, 2.05) is 5.43 Å². The van der Waals surface area contributed by atoms with Crippen molar-refractivity contribution in [2.24, 2.45) is 10.8 Å². The molecule has 0 fully saturated rings. The number of urea groups is 1. The van der Waals surface area contributed by atoms with Crippen molar-refractivity contribution in [3.8, 4) is 0 Å². The molecule has 0 aromatic heterocycles. The van der Waals surface area contributed by atoms with Crippen LogP contribution < -0.4 is 11.3 Å². The molecule has 1 unspecified atom stereocenters. The summed E-state index contributed by atoms with van der Waals surface area (Å²) in [7, 11) is 0. The predicted octanol–water partition coefficient (Wildman–Crippen LogP) is 0.664. The van der Waals surface area contributed by atoms with Crippen molar-refractivity contribution in [2.75, 3.05) is 12.3 Å². The van der Waals surface area contributed by atoms with Gasteiger partial charge in [0.2, 0.25) is 6.54 Å². The van der Waals surface area contributed by atoms with Gasteiger partial charge in [0.25, 0.3) is 0 Å². The number of hydrogen-bond donors (Lipinski definition) is 3. The molecule has 0 aliphatic heterocycles. The summed E-state index contributed by atoms with van der Waals surface area (Å²) in [6, 6.07) is -0.683. The van der Waals surface area contributed by atoms with Gasteiger partial charge < -0.3 is 5.11 Å².